The molecule has 20 heavy (non-hydrogen) atoms. The van der Waals surface area contributed by atoms with Crippen LogP contribution in [0.4, 0.5) is 10.5 Å². The average molecular weight is 339 g/mol. The Bertz CT molecular complexity index is 555. The van der Waals surface area contributed by atoms with Gasteiger partial charge >= 0.3 is 12.0 Å². The molecule has 0 atom stereocenters. The van der Waals surface area contributed by atoms with E-state index in [1.165, 1.54) is 12.1 Å². The van der Waals surface area contributed by atoms with Crippen LogP contribution in [0, 0.1) is 0 Å². The summed E-state index contributed by atoms with van der Waals surface area (Å²) in [7, 11) is 0. The third-order valence-corrected chi connectivity index (χ3v) is 3.69. The van der Waals surface area contributed by atoms with Gasteiger partial charge < -0.3 is 15.3 Å². The van der Waals surface area contributed by atoms with Crippen LogP contribution in [-0.4, -0.2) is 34.6 Å². The zero-order chi connectivity index (χ0) is 14.7. The zero-order valence-electron chi connectivity index (χ0n) is 10.8. The Hall–Kier alpha value is -1.82. The third-order valence-electron chi connectivity index (χ3n) is 3.03. The molecule has 2 N–H and O–H groups in total. The lowest BCUT2D eigenvalue weighted by Gasteiger charge is -2.21. The number of anilines is 1. The normalized spacial score (nSPS) is 13.7. The number of carbonyl (C=O) groups is 2. The molecule has 0 unspecified atom stereocenters. The first-order valence-corrected chi connectivity index (χ1v) is 7.03. The van der Waals surface area contributed by atoms with Crippen LogP contribution < -0.4 is 5.32 Å². The summed E-state index contributed by atoms with van der Waals surface area (Å²) in [4.78, 5) is 24.8. The van der Waals surface area contributed by atoms with Gasteiger partial charge in [0.05, 0.1) is 11.3 Å². The predicted octanol–water partition coefficient (Wildman–Crippen LogP) is 3.33. The molecule has 0 aliphatic heterocycles. The molecule has 2 rings (SSSR count). The minimum Gasteiger partial charge on any atom is -0.478 e. The van der Waals surface area contributed by atoms with E-state index >= 15 is 0 Å². The maximum absolute atomic E-state index is 12.2. The fourth-order valence-electron chi connectivity index (χ4n) is 1.86. The minimum atomic E-state index is -1.00. The first-order chi connectivity index (χ1) is 9.52. The van der Waals surface area contributed by atoms with Gasteiger partial charge in [-0.15, -0.1) is 6.58 Å². The highest BCUT2D eigenvalue weighted by Crippen LogP contribution is 2.29. The molecule has 0 radical (unpaired) electrons. The highest BCUT2D eigenvalue weighted by Gasteiger charge is 2.31. The summed E-state index contributed by atoms with van der Waals surface area (Å²) >= 11 is 3.27. The molecule has 0 heterocycles. The van der Waals surface area contributed by atoms with E-state index in [-0.39, 0.29) is 17.6 Å². The van der Waals surface area contributed by atoms with Gasteiger partial charge in [-0.25, -0.2) is 9.59 Å². The number of carboxylic acids is 1. The lowest BCUT2D eigenvalue weighted by molar-refractivity contribution is 0.0697. The average Bonchev–Trinajstić information content (AvgIpc) is 3.22. The predicted molar refractivity (Wildman–Crippen MR) is 80.0 cm³/mol. The second kappa shape index (κ2) is 6.09. The van der Waals surface area contributed by atoms with Crippen LogP contribution in [0.1, 0.15) is 23.2 Å². The minimum absolute atomic E-state index is 0.167. The van der Waals surface area contributed by atoms with E-state index in [9.17, 15) is 9.59 Å². The number of hydrogen-bond acceptors (Lipinski definition) is 2. The van der Waals surface area contributed by atoms with Crippen LogP contribution in [0.2, 0.25) is 0 Å². The van der Waals surface area contributed by atoms with E-state index in [4.69, 9.17) is 5.11 Å². The van der Waals surface area contributed by atoms with Crippen LogP contribution in [0.15, 0.2) is 35.3 Å². The number of amides is 2. The molecule has 1 aliphatic carbocycles. The van der Waals surface area contributed by atoms with E-state index in [0.29, 0.717) is 16.7 Å². The maximum Gasteiger partial charge on any atom is 0.335 e. The van der Waals surface area contributed by atoms with Crippen molar-refractivity contribution < 1.29 is 14.7 Å². The van der Waals surface area contributed by atoms with Crippen LogP contribution in [0.5, 0.6) is 0 Å². The summed E-state index contributed by atoms with van der Waals surface area (Å²) in [5, 5.41) is 11.7. The number of carboxylic acid groups (broad SMARTS) is 1. The van der Waals surface area contributed by atoms with Crippen LogP contribution >= 0.6 is 15.9 Å². The van der Waals surface area contributed by atoms with Crippen LogP contribution in [-0.2, 0) is 0 Å². The van der Waals surface area contributed by atoms with Gasteiger partial charge in [0.15, 0.2) is 0 Å². The van der Waals surface area contributed by atoms with Crippen molar-refractivity contribution in [2.24, 2.45) is 0 Å². The van der Waals surface area contributed by atoms with E-state index in [0.717, 1.165) is 12.8 Å². The lowest BCUT2D eigenvalue weighted by atomic mass is 10.2. The van der Waals surface area contributed by atoms with E-state index < -0.39 is 5.97 Å². The Morgan fingerprint density at radius 1 is 1.50 bits per heavy atom. The SMILES string of the molecule is C=CCN(C(=O)Nc1ccc(C(=O)O)cc1Br)C1CC1. The molecular weight excluding hydrogens is 324 g/mol. The summed E-state index contributed by atoms with van der Waals surface area (Å²) in [6.45, 7) is 4.15. The smallest absolute Gasteiger partial charge is 0.335 e. The van der Waals surface area contributed by atoms with Gasteiger partial charge in [-0.3, -0.25) is 0 Å². The number of halogens is 1. The van der Waals surface area contributed by atoms with Crippen LogP contribution in [0.3, 0.4) is 0 Å². The van der Waals surface area contributed by atoms with Gasteiger partial charge in [0.1, 0.15) is 0 Å². The third kappa shape index (κ3) is 3.39. The molecule has 6 heteroatoms. The maximum atomic E-state index is 12.2. The number of nitrogens with one attached hydrogen (secondary N) is 1. The quantitative estimate of drug-likeness (QED) is 0.809. The largest absolute Gasteiger partial charge is 0.478 e. The Morgan fingerprint density at radius 2 is 2.20 bits per heavy atom. The number of urea groups is 1. The van der Waals surface area contributed by atoms with Gasteiger partial charge in [0, 0.05) is 17.1 Å². The molecule has 1 aromatic rings. The van der Waals surface area contributed by atoms with Crippen molar-refractivity contribution >= 4 is 33.6 Å². The molecule has 106 valence electrons. The standard InChI is InChI=1S/C14H15BrN2O3/c1-2-7-17(10-4-5-10)14(20)16-12-6-3-9(13(18)19)8-11(12)15/h2-3,6,8,10H,1,4-5,7H2,(H,16,20)(H,18,19). The summed E-state index contributed by atoms with van der Waals surface area (Å²) < 4.78 is 0.542. The molecule has 1 aromatic carbocycles. The summed E-state index contributed by atoms with van der Waals surface area (Å²) in [5.41, 5.74) is 0.717. The van der Waals surface area contributed by atoms with Crippen molar-refractivity contribution in [3.8, 4) is 0 Å². The number of carbonyl (C=O) groups excluding carboxylic acids is 1. The first-order valence-electron chi connectivity index (χ1n) is 6.24. The number of benzene rings is 1. The van der Waals surface area contributed by atoms with Crippen molar-refractivity contribution in [3.63, 3.8) is 0 Å². The van der Waals surface area contributed by atoms with Gasteiger partial charge in [0.2, 0.25) is 0 Å². The molecule has 0 spiro atoms. The molecular formula is C14H15BrN2O3. The molecule has 1 aliphatic rings. The summed E-state index contributed by atoms with van der Waals surface area (Å²) in [6, 6.07) is 4.58. The van der Waals surface area contributed by atoms with Crippen molar-refractivity contribution in [1.82, 2.24) is 4.90 Å². The van der Waals surface area contributed by atoms with Crippen molar-refractivity contribution in [3.05, 3.63) is 40.9 Å². The Kier molecular flexibility index (Phi) is 4.44. The van der Waals surface area contributed by atoms with Crippen molar-refractivity contribution in [2.45, 2.75) is 18.9 Å². The molecule has 0 saturated heterocycles. The van der Waals surface area contributed by atoms with E-state index in [2.05, 4.69) is 27.8 Å². The Labute approximate surface area is 125 Å². The van der Waals surface area contributed by atoms with Gasteiger partial charge in [0.25, 0.3) is 0 Å². The second-order valence-corrected chi connectivity index (χ2v) is 5.46. The fourth-order valence-corrected chi connectivity index (χ4v) is 2.34. The molecule has 2 amide bonds. The zero-order valence-corrected chi connectivity index (χ0v) is 12.4. The molecule has 0 aromatic heterocycles. The molecule has 0 bridgehead atoms. The summed E-state index contributed by atoms with van der Waals surface area (Å²) in [5.74, 6) is -1.00. The van der Waals surface area contributed by atoms with Gasteiger partial charge in [-0.1, -0.05) is 6.08 Å². The van der Waals surface area contributed by atoms with E-state index in [1.807, 2.05) is 0 Å². The number of nitrogens with zero attached hydrogens (tertiary/aromatic N) is 1. The molecule has 1 saturated carbocycles. The molecule has 1 fully saturated rings. The topological polar surface area (TPSA) is 69.6 Å². The number of aromatic carboxylic acids is 1. The second-order valence-electron chi connectivity index (χ2n) is 4.60. The number of hydrogen-bond donors (Lipinski definition) is 2. The van der Waals surface area contributed by atoms with Crippen molar-refractivity contribution in [2.75, 3.05) is 11.9 Å². The molecule has 5 nitrogen and oxygen atoms in total. The van der Waals surface area contributed by atoms with Crippen LogP contribution in [0.25, 0.3) is 0 Å². The number of rotatable bonds is 5. The Morgan fingerprint density at radius 3 is 2.70 bits per heavy atom. The fraction of sp³-hybridized carbons (Fsp3) is 0.286. The van der Waals surface area contributed by atoms with Crippen molar-refractivity contribution in [1.29, 1.82) is 0 Å². The first kappa shape index (κ1) is 14.6. The Balaban J connectivity index is 2.10. The highest BCUT2D eigenvalue weighted by atomic mass is 79.9. The highest BCUT2D eigenvalue weighted by molar-refractivity contribution is 9.10. The van der Waals surface area contributed by atoms with Gasteiger partial charge in [-0.05, 0) is 47.0 Å². The van der Waals surface area contributed by atoms with E-state index in [1.54, 1.807) is 17.0 Å². The monoisotopic (exact) mass is 338 g/mol. The lowest BCUT2D eigenvalue weighted by Crippen LogP contribution is -2.36. The summed E-state index contributed by atoms with van der Waals surface area (Å²) in [6.07, 6.45) is 3.72. The van der Waals surface area contributed by atoms with Gasteiger partial charge in [-0.2, -0.15) is 0 Å².